The molecule has 0 saturated carbocycles. The molecule has 2 rings (SSSR count). The van der Waals surface area contributed by atoms with Crippen molar-refractivity contribution in [2.75, 3.05) is 14.2 Å². The van der Waals surface area contributed by atoms with Crippen LogP contribution in [0.5, 0.6) is 5.75 Å². The van der Waals surface area contributed by atoms with Crippen molar-refractivity contribution in [1.82, 2.24) is 5.32 Å². The van der Waals surface area contributed by atoms with Crippen LogP contribution in [0, 0.1) is 17.5 Å². The quantitative estimate of drug-likeness (QED) is 0.883. The van der Waals surface area contributed by atoms with Crippen LogP contribution >= 0.6 is 15.9 Å². The predicted molar refractivity (Wildman–Crippen MR) is 77.9 cm³/mol. The SMILES string of the molecule is CNC(c1cccc(F)c1Br)c1c(F)cc(OC)cc1F. The van der Waals surface area contributed by atoms with E-state index in [0.29, 0.717) is 5.56 Å². The van der Waals surface area contributed by atoms with Crippen LogP contribution in [0.3, 0.4) is 0 Å². The fourth-order valence-electron chi connectivity index (χ4n) is 2.15. The number of ether oxygens (including phenoxy) is 1. The van der Waals surface area contributed by atoms with Gasteiger partial charge in [-0.25, -0.2) is 13.2 Å². The summed E-state index contributed by atoms with van der Waals surface area (Å²) >= 11 is 3.11. The molecule has 0 saturated heterocycles. The maximum absolute atomic E-state index is 14.2. The summed E-state index contributed by atoms with van der Waals surface area (Å²) < 4.78 is 47.0. The minimum atomic E-state index is -0.832. The van der Waals surface area contributed by atoms with Gasteiger partial charge in [-0.05, 0) is 34.6 Å². The first-order valence-electron chi connectivity index (χ1n) is 6.13. The van der Waals surface area contributed by atoms with Crippen molar-refractivity contribution in [3.8, 4) is 5.75 Å². The van der Waals surface area contributed by atoms with Crippen molar-refractivity contribution in [2.24, 2.45) is 0 Å². The normalized spacial score (nSPS) is 12.3. The highest BCUT2D eigenvalue weighted by atomic mass is 79.9. The van der Waals surface area contributed by atoms with Crippen molar-refractivity contribution in [2.45, 2.75) is 6.04 Å². The lowest BCUT2D eigenvalue weighted by atomic mass is 9.97. The van der Waals surface area contributed by atoms with E-state index in [2.05, 4.69) is 21.2 Å². The third-order valence-electron chi connectivity index (χ3n) is 3.16. The first-order chi connectivity index (χ1) is 9.99. The van der Waals surface area contributed by atoms with E-state index in [1.165, 1.54) is 19.2 Å². The second-order valence-corrected chi connectivity index (χ2v) is 5.16. The Morgan fingerprint density at radius 3 is 2.24 bits per heavy atom. The molecule has 1 atom stereocenters. The molecule has 2 aromatic rings. The molecule has 0 aliphatic carbocycles. The molecule has 0 aliphatic heterocycles. The Balaban J connectivity index is 2.59. The van der Waals surface area contributed by atoms with Crippen LogP contribution < -0.4 is 10.1 Å². The molecule has 0 radical (unpaired) electrons. The molecule has 0 spiro atoms. The summed E-state index contributed by atoms with van der Waals surface area (Å²) in [6.45, 7) is 0. The Bertz CT molecular complexity index is 640. The van der Waals surface area contributed by atoms with Gasteiger partial charge in [-0.2, -0.15) is 0 Å². The highest BCUT2D eigenvalue weighted by molar-refractivity contribution is 9.10. The van der Waals surface area contributed by atoms with Gasteiger partial charge in [0.1, 0.15) is 23.2 Å². The fourth-order valence-corrected chi connectivity index (χ4v) is 2.65. The second-order valence-electron chi connectivity index (χ2n) is 4.37. The molecule has 21 heavy (non-hydrogen) atoms. The average Bonchev–Trinajstić information content (AvgIpc) is 2.46. The summed E-state index contributed by atoms with van der Waals surface area (Å²) in [5.41, 5.74) is 0.213. The van der Waals surface area contributed by atoms with Crippen molar-refractivity contribution in [1.29, 1.82) is 0 Å². The van der Waals surface area contributed by atoms with Crippen molar-refractivity contribution in [3.05, 3.63) is 63.4 Å². The highest BCUT2D eigenvalue weighted by Gasteiger charge is 2.24. The van der Waals surface area contributed by atoms with Crippen LogP contribution in [-0.2, 0) is 0 Å². The second kappa shape index (κ2) is 6.49. The molecule has 0 bridgehead atoms. The Labute approximate surface area is 129 Å². The molecule has 112 valence electrons. The largest absolute Gasteiger partial charge is 0.497 e. The lowest BCUT2D eigenvalue weighted by molar-refractivity contribution is 0.403. The maximum Gasteiger partial charge on any atom is 0.137 e. The van der Waals surface area contributed by atoms with Crippen molar-refractivity contribution < 1.29 is 17.9 Å². The first kappa shape index (κ1) is 15.9. The minimum absolute atomic E-state index is 0.0851. The van der Waals surface area contributed by atoms with Gasteiger partial charge in [0.25, 0.3) is 0 Å². The Morgan fingerprint density at radius 2 is 1.71 bits per heavy atom. The molecule has 0 aromatic heterocycles. The van der Waals surface area contributed by atoms with Gasteiger partial charge in [0.2, 0.25) is 0 Å². The third-order valence-corrected chi connectivity index (χ3v) is 3.99. The van der Waals surface area contributed by atoms with E-state index in [9.17, 15) is 13.2 Å². The van der Waals surface area contributed by atoms with E-state index in [0.717, 1.165) is 12.1 Å². The Hall–Kier alpha value is -1.53. The van der Waals surface area contributed by atoms with Gasteiger partial charge >= 0.3 is 0 Å². The fraction of sp³-hybridized carbons (Fsp3) is 0.200. The highest BCUT2D eigenvalue weighted by Crippen LogP contribution is 2.34. The topological polar surface area (TPSA) is 21.3 Å². The standard InChI is InChI=1S/C15H13BrF3NO/c1-20-15(9-4-3-5-10(17)14(9)16)13-11(18)6-8(21-2)7-12(13)19/h3-7,15,20H,1-2H3. The van der Waals surface area contributed by atoms with E-state index in [1.807, 2.05) is 0 Å². The number of rotatable bonds is 4. The molecule has 0 amide bonds. The maximum atomic E-state index is 14.2. The zero-order valence-corrected chi connectivity index (χ0v) is 13.0. The van der Waals surface area contributed by atoms with Gasteiger partial charge < -0.3 is 10.1 Å². The predicted octanol–water partition coefficient (Wildman–Crippen LogP) is 4.18. The van der Waals surface area contributed by atoms with Crippen LogP contribution in [0.1, 0.15) is 17.2 Å². The van der Waals surface area contributed by atoms with Crippen LogP contribution in [0.25, 0.3) is 0 Å². The molecule has 1 unspecified atom stereocenters. The molecule has 0 aliphatic rings. The van der Waals surface area contributed by atoms with E-state index < -0.39 is 23.5 Å². The molecule has 0 heterocycles. The monoisotopic (exact) mass is 359 g/mol. The Morgan fingerprint density at radius 1 is 1.10 bits per heavy atom. The van der Waals surface area contributed by atoms with E-state index >= 15 is 0 Å². The Kier molecular flexibility index (Phi) is 4.90. The first-order valence-corrected chi connectivity index (χ1v) is 6.93. The lowest BCUT2D eigenvalue weighted by Crippen LogP contribution is -2.21. The van der Waals surface area contributed by atoms with Crippen LogP contribution in [0.4, 0.5) is 13.2 Å². The average molecular weight is 360 g/mol. The lowest BCUT2D eigenvalue weighted by Gasteiger charge is -2.20. The molecule has 6 heteroatoms. The molecule has 1 N–H and O–H groups in total. The third kappa shape index (κ3) is 3.06. The van der Waals surface area contributed by atoms with Gasteiger partial charge in [0, 0.05) is 17.7 Å². The summed E-state index contributed by atoms with van der Waals surface area (Å²) in [6.07, 6.45) is 0. The van der Waals surface area contributed by atoms with Gasteiger partial charge in [0.15, 0.2) is 0 Å². The number of benzene rings is 2. The van der Waals surface area contributed by atoms with Gasteiger partial charge in [-0.3, -0.25) is 0 Å². The number of methoxy groups -OCH3 is 1. The van der Waals surface area contributed by atoms with Crippen LogP contribution in [0.15, 0.2) is 34.8 Å². The van der Waals surface area contributed by atoms with Crippen LogP contribution in [-0.4, -0.2) is 14.2 Å². The number of halogens is 4. The molecule has 2 aromatic carbocycles. The molecule has 2 nitrogen and oxygen atoms in total. The van der Waals surface area contributed by atoms with E-state index in [-0.39, 0.29) is 15.8 Å². The zero-order chi connectivity index (χ0) is 15.6. The van der Waals surface area contributed by atoms with E-state index in [4.69, 9.17) is 4.74 Å². The van der Waals surface area contributed by atoms with E-state index in [1.54, 1.807) is 13.1 Å². The summed E-state index contributed by atoms with van der Waals surface area (Å²) in [5.74, 6) is -1.94. The zero-order valence-electron chi connectivity index (χ0n) is 11.4. The number of hydrogen-bond acceptors (Lipinski definition) is 2. The van der Waals surface area contributed by atoms with Crippen molar-refractivity contribution >= 4 is 15.9 Å². The smallest absolute Gasteiger partial charge is 0.137 e. The molecular formula is C15H13BrF3NO. The molecule has 0 fully saturated rings. The van der Waals surface area contributed by atoms with Gasteiger partial charge in [-0.1, -0.05) is 12.1 Å². The number of nitrogens with one attached hydrogen (secondary N) is 1. The van der Waals surface area contributed by atoms with Crippen LogP contribution in [0.2, 0.25) is 0 Å². The molecular weight excluding hydrogens is 347 g/mol. The van der Waals surface area contributed by atoms with Gasteiger partial charge in [-0.15, -0.1) is 0 Å². The summed E-state index contributed by atoms with van der Waals surface area (Å²) in [5, 5.41) is 2.80. The minimum Gasteiger partial charge on any atom is -0.497 e. The number of hydrogen-bond donors (Lipinski definition) is 1. The van der Waals surface area contributed by atoms with Crippen molar-refractivity contribution in [3.63, 3.8) is 0 Å². The van der Waals surface area contributed by atoms with Gasteiger partial charge in [0.05, 0.1) is 17.6 Å². The summed E-state index contributed by atoms with van der Waals surface area (Å²) in [4.78, 5) is 0. The summed E-state index contributed by atoms with van der Waals surface area (Å²) in [6, 6.07) is 5.70. The summed E-state index contributed by atoms with van der Waals surface area (Å²) in [7, 11) is 2.87.